The lowest BCUT2D eigenvalue weighted by Crippen LogP contribution is -2.46. The van der Waals surface area contributed by atoms with Gasteiger partial charge in [-0.3, -0.25) is 4.79 Å². The van der Waals surface area contributed by atoms with Crippen molar-refractivity contribution in [2.24, 2.45) is 10.8 Å². The molecule has 8 heteroatoms. The monoisotopic (exact) mass is 397 g/mol. The number of aliphatic hydroxyl groups excluding tert-OH is 1. The molecule has 3 aliphatic carbocycles. The van der Waals surface area contributed by atoms with Crippen LogP contribution in [0.3, 0.4) is 0 Å². The summed E-state index contributed by atoms with van der Waals surface area (Å²) in [7, 11) is 0. The number of carbonyl (C=O) groups is 1. The minimum atomic E-state index is -0.374. The van der Waals surface area contributed by atoms with E-state index in [1.165, 1.54) is 31.4 Å². The van der Waals surface area contributed by atoms with E-state index in [0.29, 0.717) is 16.2 Å². The minimum absolute atomic E-state index is 0.0690. The second kappa shape index (κ2) is 5.78. The van der Waals surface area contributed by atoms with Gasteiger partial charge in [-0.05, 0) is 36.5 Å². The fraction of sp³-hybridized carbons (Fsp3) is 0.619. The van der Waals surface area contributed by atoms with Crippen LogP contribution >= 0.6 is 0 Å². The van der Waals surface area contributed by atoms with Crippen LogP contribution in [0, 0.1) is 16.0 Å². The highest BCUT2D eigenvalue weighted by Gasteiger charge is 2.75. The van der Waals surface area contributed by atoms with Crippen molar-refractivity contribution < 1.29 is 14.6 Å². The molecule has 2 heterocycles. The summed E-state index contributed by atoms with van der Waals surface area (Å²) in [5.41, 5.74) is 2.50. The Labute approximate surface area is 169 Å². The fourth-order valence-electron chi connectivity index (χ4n) is 5.75. The Morgan fingerprint density at radius 2 is 2.24 bits per heavy atom. The van der Waals surface area contributed by atoms with E-state index in [2.05, 4.69) is 15.4 Å². The molecule has 1 amide bonds. The maximum Gasteiger partial charge on any atom is 0.272 e. The van der Waals surface area contributed by atoms with Crippen LogP contribution in [0.25, 0.3) is 5.82 Å². The summed E-state index contributed by atoms with van der Waals surface area (Å²) in [6, 6.07) is -0.374. The van der Waals surface area contributed by atoms with Crippen LogP contribution in [0.1, 0.15) is 68.2 Å². The Morgan fingerprint density at radius 3 is 2.93 bits per heavy atom. The summed E-state index contributed by atoms with van der Waals surface area (Å²) in [5, 5.41) is 29.2. The van der Waals surface area contributed by atoms with Crippen LogP contribution in [0.5, 0.6) is 0 Å². The third-order valence-electron chi connectivity index (χ3n) is 7.37. The van der Waals surface area contributed by atoms with Crippen molar-refractivity contribution in [1.82, 2.24) is 20.1 Å². The Morgan fingerprint density at radius 1 is 1.45 bits per heavy atom. The summed E-state index contributed by atoms with van der Waals surface area (Å²) in [6.07, 6.45) is 9.64. The molecule has 3 atom stereocenters. The van der Waals surface area contributed by atoms with E-state index in [4.69, 9.17) is 0 Å². The maximum absolute atomic E-state index is 13.2. The zero-order chi connectivity index (χ0) is 20.6. The van der Waals surface area contributed by atoms with Crippen molar-refractivity contribution in [2.45, 2.75) is 64.3 Å². The van der Waals surface area contributed by atoms with Crippen LogP contribution in [0.15, 0.2) is 18.6 Å². The van der Waals surface area contributed by atoms with Crippen LogP contribution in [-0.2, 0) is 11.8 Å². The number of fused-ring (bicyclic) bond motifs is 1. The second-order valence-electron chi connectivity index (χ2n) is 10.0. The number of hydrogen-bond donors (Lipinski definition) is 2. The first-order valence-electron chi connectivity index (χ1n) is 10.3. The molecule has 0 aromatic carbocycles. The van der Waals surface area contributed by atoms with Crippen molar-refractivity contribution in [3.8, 4) is 5.82 Å². The molecule has 0 radical (unpaired) electrons. The molecule has 2 saturated carbocycles. The van der Waals surface area contributed by atoms with Crippen molar-refractivity contribution >= 4 is 5.91 Å². The van der Waals surface area contributed by atoms with E-state index >= 15 is 0 Å². The summed E-state index contributed by atoms with van der Waals surface area (Å²) >= 11 is 0. The average molecular weight is 397 g/mol. The first kappa shape index (κ1) is 18.5. The molecule has 0 spiro atoms. The molecule has 2 aromatic rings. The number of aliphatic hydroxyl groups is 1. The van der Waals surface area contributed by atoms with Gasteiger partial charge in [-0.1, -0.05) is 27.2 Å². The predicted molar refractivity (Wildman–Crippen MR) is 104 cm³/mol. The minimum Gasteiger partial charge on any atom is -0.619 e. The summed E-state index contributed by atoms with van der Waals surface area (Å²) in [5.74, 6) is 0.170. The highest BCUT2D eigenvalue weighted by Crippen LogP contribution is 2.79. The van der Waals surface area contributed by atoms with Crippen LogP contribution < -0.4 is 10.0 Å². The first-order valence-corrected chi connectivity index (χ1v) is 10.3. The lowest BCUT2D eigenvalue weighted by molar-refractivity contribution is -0.605. The third-order valence-corrected chi connectivity index (χ3v) is 7.37. The van der Waals surface area contributed by atoms with Gasteiger partial charge >= 0.3 is 0 Å². The molecule has 5 rings (SSSR count). The van der Waals surface area contributed by atoms with E-state index < -0.39 is 0 Å². The Balaban J connectivity index is 1.59. The number of nitrogens with one attached hydrogen (secondary N) is 1. The number of carbonyl (C=O) groups excluding carboxylic acids is 1. The lowest BCUT2D eigenvalue weighted by Gasteiger charge is -2.29. The average Bonchev–Trinajstić information content (AvgIpc) is 2.93. The van der Waals surface area contributed by atoms with Gasteiger partial charge in [-0.25, -0.2) is 9.67 Å². The van der Waals surface area contributed by atoms with Crippen molar-refractivity contribution in [3.63, 3.8) is 0 Å². The molecule has 3 aliphatic rings. The molecular weight excluding hydrogens is 370 g/mol. The van der Waals surface area contributed by atoms with Gasteiger partial charge < -0.3 is 15.6 Å². The highest BCUT2D eigenvalue weighted by molar-refractivity contribution is 5.95. The van der Waals surface area contributed by atoms with Gasteiger partial charge in [0.15, 0.2) is 11.9 Å². The third kappa shape index (κ3) is 2.48. The molecule has 0 bridgehead atoms. The molecular formula is C21H27N5O3. The maximum atomic E-state index is 13.2. The molecule has 2 aromatic heterocycles. The van der Waals surface area contributed by atoms with Crippen LogP contribution in [-0.4, -0.2) is 38.4 Å². The fourth-order valence-corrected chi connectivity index (χ4v) is 5.75. The molecule has 0 saturated heterocycles. The van der Waals surface area contributed by atoms with Gasteiger partial charge in [0, 0.05) is 11.0 Å². The van der Waals surface area contributed by atoms with Gasteiger partial charge in [-0.2, -0.15) is 9.83 Å². The van der Waals surface area contributed by atoms with E-state index in [9.17, 15) is 15.1 Å². The molecule has 2 fully saturated rings. The SMILES string of the molecule is CC(C)(C)C(CO)NC(=O)c1nn(-c2c[n+]([O-])ccn2)c2c1CC13CCCC21C3. The van der Waals surface area contributed by atoms with Crippen LogP contribution in [0.4, 0.5) is 0 Å². The zero-order valence-corrected chi connectivity index (χ0v) is 17.1. The zero-order valence-electron chi connectivity index (χ0n) is 17.1. The summed E-state index contributed by atoms with van der Waals surface area (Å²) in [6.45, 7) is 5.81. The van der Waals surface area contributed by atoms with E-state index in [1.807, 2.05) is 20.8 Å². The number of nitrogens with zero attached hydrogens (tertiary/aromatic N) is 4. The quantitative estimate of drug-likeness (QED) is 0.599. The normalized spacial score (nSPS) is 27.9. The van der Waals surface area contributed by atoms with Crippen molar-refractivity contribution in [1.29, 1.82) is 0 Å². The number of hydrogen-bond acceptors (Lipinski definition) is 5. The number of aromatic nitrogens is 4. The lowest BCUT2D eigenvalue weighted by atomic mass is 9.87. The largest absolute Gasteiger partial charge is 0.619 e. The molecule has 3 unspecified atom stereocenters. The predicted octanol–water partition coefficient (Wildman–Crippen LogP) is 1.41. The number of rotatable bonds is 4. The van der Waals surface area contributed by atoms with E-state index in [-0.39, 0.29) is 34.8 Å². The summed E-state index contributed by atoms with van der Waals surface area (Å²) in [4.78, 5) is 17.5. The second-order valence-corrected chi connectivity index (χ2v) is 10.0. The van der Waals surface area contributed by atoms with Crippen molar-refractivity contribution in [2.75, 3.05) is 6.61 Å². The standard InChI is InChI=1S/C21H27N5O3/c1-19(2,3)14(11-27)23-18(28)16-13-9-20-5-4-6-21(20,12-20)17(13)26(24-16)15-10-25(29)8-7-22-15/h7-8,10,14,27H,4-6,9,11-12H2,1-3H3,(H,23,28). The van der Waals surface area contributed by atoms with E-state index in [0.717, 1.165) is 30.5 Å². The first-order chi connectivity index (χ1) is 13.7. The van der Waals surface area contributed by atoms with E-state index in [1.54, 1.807) is 4.68 Å². The Hall–Kier alpha value is -2.48. The van der Waals surface area contributed by atoms with Gasteiger partial charge in [0.25, 0.3) is 5.91 Å². The van der Waals surface area contributed by atoms with Crippen LogP contribution in [0.2, 0.25) is 0 Å². The molecule has 154 valence electrons. The summed E-state index contributed by atoms with van der Waals surface area (Å²) < 4.78 is 2.43. The Bertz CT molecular complexity index is 1010. The molecule has 8 nitrogen and oxygen atoms in total. The molecule has 0 aliphatic heterocycles. The van der Waals surface area contributed by atoms with Gasteiger partial charge in [0.05, 0.1) is 24.5 Å². The van der Waals surface area contributed by atoms with Gasteiger partial charge in [0.2, 0.25) is 12.0 Å². The molecule has 29 heavy (non-hydrogen) atoms. The smallest absolute Gasteiger partial charge is 0.272 e. The van der Waals surface area contributed by atoms with Crippen molar-refractivity contribution in [3.05, 3.63) is 40.7 Å². The van der Waals surface area contributed by atoms with Gasteiger partial charge in [-0.15, -0.1) is 0 Å². The van der Waals surface area contributed by atoms with Gasteiger partial charge in [0.1, 0.15) is 0 Å². The number of amides is 1. The Kier molecular flexibility index (Phi) is 3.70. The topological polar surface area (TPSA) is 107 Å². The highest BCUT2D eigenvalue weighted by atomic mass is 16.5. The molecule has 2 N–H and O–H groups in total.